The highest BCUT2D eigenvalue weighted by Gasteiger charge is 2.21. The van der Waals surface area contributed by atoms with Crippen molar-refractivity contribution in [2.75, 3.05) is 0 Å². The van der Waals surface area contributed by atoms with Crippen LogP contribution in [0.4, 0.5) is 0 Å². The number of nitrogens with zero attached hydrogens (tertiary/aromatic N) is 5. The number of benzene rings is 9. The molecule has 0 aliphatic rings. The molecule has 6 heteroatoms. The number of hydrogen-bond donors (Lipinski definition) is 0. The molecular formula is C54H31N5O. The number of hydrogen-bond acceptors (Lipinski definition) is 5. The maximum absolute atomic E-state index is 6.29. The van der Waals surface area contributed by atoms with Crippen LogP contribution in [0.3, 0.4) is 0 Å². The normalized spacial score (nSPS) is 12.0. The Morgan fingerprint density at radius 1 is 0.383 bits per heavy atom. The standard InChI is InChI=1S/C54H31N5O/c1-4-14-38-32(11-1)22-23-35-29-36(24-26-39(35)38)52-56-53(58-54(57-52)43-18-9-20-47-50(43)51-48(60-47)21-10-28-55-51)37-30-34-13-3-5-15-40(34)46(31-37)59-44-19-8-7-17-42(44)49-41-16-6-2-12-33(41)25-27-45(49)59/h1-31H. The van der Waals surface area contributed by atoms with E-state index in [1.54, 1.807) is 6.20 Å². The third-order valence-corrected chi connectivity index (χ3v) is 12.0. The molecule has 0 unspecified atom stereocenters. The monoisotopic (exact) mass is 765 g/mol. The SMILES string of the molecule is c1ccc2c(-n3c4ccccc4c4c5ccccc5ccc43)cc(-c3nc(-c4ccc5c(ccc6ccccc65)c4)nc(-c4cccc5oc6cccnc6c45)n3)cc2c1. The maximum Gasteiger partial charge on any atom is 0.164 e. The number of para-hydroxylation sites is 1. The lowest BCUT2D eigenvalue weighted by Gasteiger charge is -2.15. The van der Waals surface area contributed by atoms with Crippen LogP contribution < -0.4 is 0 Å². The molecule has 0 saturated carbocycles. The van der Waals surface area contributed by atoms with Gasteiger partial charge in [-0.05, 0) is 86.2 Å². The van der Waals surface area contributed by atoms with Gasteiger partial charge in [0.15, 0.2) is 23.1 Å². The summed E-state index contributed by atoms with van der Waals surface area (Å²) in [4.78, 5) is 20.7. The molecule has 0 aliphatic heterocycles. The first-order valence-electron chi connectivity index (χ1n) is 20.1. The van der Waals surface area contributed by atoms with Crippen molar-refractivity contribution >= 4 is 87.0 Å². The molecule has 0 N–H and O–H groups in total. The number of aromatic nitrogens is 5. The molecule has 60 heavy (non-hydrogen) atoms. The highest BCUT2D eigenvalue weighted by Crippen LogP contribution is 2.41. The third kappa shape index (κ3) is 4.88. The van der Waals surface area contributed by atoms with Crippen molar-refractivity contribution in [3.05, 3.63) is 188 Å². The molecule has 4 aromatic heterocycles. The van der Waals surface area contributed by atoms with Gasteiger partial charge in [0, 0.05) is 39.0 Å². The predicted molar refractivity (Wildman–Crippen MR) is 246 cm³/mol. The molecule has 278 valence electrons. The summed E-state index contributed by atoms with van der Waals surface area (Å²) in [5.41, 5.74) is 8.17. The fourth-order valence-corrected chi connectivity index (χ4v) is 9.34. The summed E-state index contributed by atoms with van der Waals surface area (Å²) in [5, 5.41) is 12.7. The Morgan fingerprint density at radius 2 is 1.02 bits per heavy atom. The Morgan fingerprint density at radius 3 is 1.90 bits per heavy atom. The first-order valence-corrected chi connectivity index (χ1v) is 20.1. The minimum Gasteiger partial charge on any atom is -0.454 e. The Kier molecular flexibility index (Phi) is 6.91. The minimum atomic E-state index is 0.547. The smallest absolute Gasteiger partial charge is 0.164 e. The van der Waals surface area contributed by atoms with Crippen LogP contribution in [0.5, 0.6) is 0 Å². The van der Waals surface area contributed by atoms with Crippen LogP contribution >= 0.6 is 0 Å². The highest BCUT2D eigenvalue weighted by atomic mass is 16.3. The molecule has 0 bridgehead atoms. The summed E-state index contributed by atoms with van der Waals surface area (Å²) in [6, 6.07) is 64.1. The molecule has 0 radical (unpaired) electrons. The van der Waals surface area contributed by atoms with Gasteiger partial charge in [-0.3, -0.25) is 4.98 Å². The van der Waals surface area contributed by atoms with E-state index in [1.807, 2.05) is 24.3 Å². The van der Waals surface area contributed by atoms with Crippen molar-refractivity contribution in [1.29, 1.82) is 0 Å². The average molecular weight is 766 g/mol. The number of rotatable bonds is 4. The quantitative estimate of drug-likeness (QED) is 0.167. The van der Waals surface area contributed by atoms with Crippen molar-refractivity contribution < 1.29 is 4.42 Å². The lowest BCUT2D eigenvalue weighted by molar-refractivity contribution is 0.668. The van der Waals surface area contributed by atoms with Crippen LogP contribution in [0.2, 0.25) is 0 Å². The lowest BCUT2D eigenvalue weighted by Crippen LogP contribution is -2.02. The predicted octanol–water partition coefficient (Wildman–Crippen LogP) is 13.9. The van der Waals surface area contributed by atoms with E-state index in [2.05, 4.69) is 162 Å². The molecule has 13 aromatic rings. The Balaban J connectivity index is 1.10. The van der Waals surface area contributed by atoms with Crippen LogP contribution in [0.1, 0.15) is 0 Å². The minimum absolute atomic E-state index is 0.547. The summed E-state index contributed by atoms with van der Waals surface area (Å²) < 4.78 is 8.70. The van der Waals surface area contributed by atoms with Gasteiger partial charge >= 0.3 is 0 Å². The van der Waals surface area contributed by atoms with E-state index in [0.717, 1.165) is 66.1 Å². The van der Waals surface area contributed by atoms with E-state index in [9.17, 15) is 0 Å². The second-order valence-electron chi connectivity index (χ2n) is 15.4. The first-order chi connectivity index (χ1) is 29.7. The van der Waals surface area contributed by atoms with E-state index in [-0.39, 0.29) is 0 Å². The van der Waals surface area contributed by atoms with E-state index in [1.165, 1.54) is 37.7 Å². The fraction of sp³-hybridized carbons (Fsp3) is 0. The van der Waals surface area contributed by atoms with Crippen LogP contribution in [0.15, 0.2) is 193 Å². The zero-order valence-electron chi connectivity index (χ0n) is 32.0. The number of fused-ring (bicyclic) bond motifs is 12. The van der Waals surface area contributed by atoms with Crippen LogP contribution in [-0.2, 0) is 0 Å². The molecule has 4 heterocycles. The molecule has 0 atom stereocenters. The van der Waals surface area contributed by atoms with Crippen molar-refractivity contribution in [3.8, 4) is 39.9 Å². The zero-order valence-corrected chi connectivity index (χ0v) is 32.0. The Hall–Kier alpha value is -8.22. The van der Waals surface area contributed by atoms with Gasteiger partial charge in [-0.15, -0.1) is 0 Å². The Labute approximate surface area is 342 Å². The number of furan rings is 1. The van der Waals surface area contributed by atoms with Gasteiger partial charge in [0.25, 0.3) is 0 Å². The van der Waals surface area contributed by atoms with Crippen LogP contribution in [-0.4, -0.2) is 24.5 Å². The van der Waals surface area contributed by atoms with Gasteiger partial charge in [0.2, 0.25) is 0 Å². The van der Waals surface area contributed by atoms with Crippen LogP contribution in [0, 0.1) is 0 Å². The van der Waals surface area contributed by atoms with Crippen LogP contribution in [0.25, 0.3) is 127 Å². The fourth-order valence-electron chi connectivity index (χ4n) is 9.34. The molecular weight excluding hydrogens is 735 g/mol. The molecule has 6 nitrogen and oxygen atoms in total. The summed E-state index contributed by atoms with van der Waals surface area (Å²) in [6.45, 7) is 0. The van der Waals surface area contributed by atoms with Crippen molar-refractivity contribution in [3.63, 3.8) is 0 Å². The van der Waals surface area contributed by atoms with Gasteiger partial charge in [-0.2, -0.15) is 0 Å². The van der Waals surface area contributed by atoms with Crippen molar-refractivity contribution in [2.45, 2.75) is 0 Å². The van der Waals surface area contributed by atoms with Gasteiger partial charge in [-0.1, -0.05) is 133 Å². The average Bonchev–Trinajstić information content (AvgIpc) is 3.87. The molecule has 13 rings (SSSR count). The third-order valence-electron chi connectivity index (χ3n) is 12.0. The summed E-state index contributed by atoms with van der Waals surface area (Å²) in [7, 11) is 0. The Bertz CT molecular complexity index is 3920. The summed E-state index contributed by atoms with van der Waals surface area (Å²) >= 11 is 0. The number of pyridine rings is 1. The summed E-state index contributed by atoms with van der Waals surface area (Å²) in [6.07, 6.45) is 1.80. The maximum atomic E-state index is 6.29. The topological polar surface area (TPSA) is 69.6 Å². The first kappa shape index (κ1) is 32.8. The van der Waals surface area contributed by atoms with Gasteiger partial charge in [0.05, 0.1) is 22.1 Å². The molecule has 0 amide bonds. The van der Waals surface area contributed by atoms with Crippen molar-refractivity contribution in [2.24, 2.45) is 0 Å². The molecule has 0 spiro atoms. The zero-order chi connectivity index (χ0) is 39.3. The van der Waals surface area contributed by atoms with Gasteiger partial charge < -0.3 is 8.98 Å². The second-order valence-corrected chi connectivity index (χ2v) is 15.4. The van der Waals surface area contributed by atoms with E-state index < -0.39 is 0 Å². The lowest BCUT2D eigenvalue weighted by atomic mass is 10.00. The van der Waals surface area contributed by atoms with E-state index in [4.69, 9.17) is 24.4 Å². The molecule has 9 aromatic carbocycles. The van der Waals surface area contributed by atoms with E-state index >= 15 is 0 Å². The largest absolute Gasteiger partial charge is 0.454 e. The van der Waals surface area contributed by atoms with Gasteiger partial charge in [0.1, 0.15) is 11.1 Å². The van der Waals surface area contributed by atoms with E-state index in [0.29, 0.717) is 23.1 Å². The molecule has 0 saturated heterocycles. The van der Waals surface area contributed by atoms with Crippen molar-refractivity contribution in [1.82, 2.24) is 24.5 Å². The summed E-state index contributed by atoms with van der Waals surface area (Å²) in [5.74, 6) is 1.70. The highest BCUT2D eigenvalue weighted by molar-refractivity contribution is 6.22. The second kappa shape index (κ2) is 12.6. The van der Waals surface area contributed by atoms with Gasteiger partial charge in [-0.25, -0.2) is 15.0 Å². The molecule has 0 fully saturated rings. The molecule has 0 aliphatic carbocycles.